The number of hydrogen-bond acceptors (Lipinski definition) is 8. The third-order valence-corrected chi connectivity index (χ3v) is 4.93. The van der Waals surface area contributed by atoms with Gasteiger partial charge in [0.2, 0.25) is 12.2 Å². The van der Waals surface area contributed by atoms with E-state index >= 15 is 0 Å². The summed E-state index contributed by atoms with van der Waals surface area (Å²) in [7, 11) is 2.79. The zero-order valence-electron chi connectivity index (χ0n) is 19.4. The van der Waals surface area contributed by atoms with Gasteiger partial charge in [0.25, 0.3) is 5.91 Å². The van der Waals surface area contributed by atoms with Crippen LogP contribution < -0.4 is 14.8 Å². The lowest BCUT2D eigenvalue weighted by molar-refractivity contribution is -0.157. The van der Waals surface area contributed by atoms with Crippen molar-refractivity contribution >= 4 is 29.5 Å². The van der Waals surface area contributed by atoms with E-state index in [9.17, 15) is 24.3 Å². The first-order valence-electron chi connectivity index (χ1n) is 10.6. The summed E-state index contributed by atoms with van der Waals surface area (Å²) in [6.45, 7) is 0. The van der Waals surface area contributed by atoms with E-state index in [1.54, 1.807) is 42.5 Å². The molecule has 0 fully saturated rings. The van der Waals surface area contributed by atoms with Gasteiger partial charge in [-0.15, -0.1) is 0 Å². The van der Waals surface area contributed by atoms with E-state index in [0.717, 1.165) is 0 Å². The highest BCUT2D eigenvalue weighted by molar-refractivity contribution is 6.02. The predicted molar refractivity (Wildman–Crippen MR) is 127 cm³/mol. The van der Waals surface area contributed by atoms with E-state index in [0.29, 0.717) is 5.75 Å². The van der Waals surface area contributed by atoms with Crippen LogP contribution in [0.25, 0.3) is 0 Å². The molecule has 3 rings (SSSR count). The molecule has 0 aliphatic rings. The molecule has 2 atom stereocenters. The Morgan fingerprint density at radius 2 is 1.25 bits per heavy atom. The second-order valence-corrected chi connectivity index (χ2v) is 7.28. The van der Waals surface area contributed by atoms with Gasteiger partial charge in [-0.3, -0.25) is 4.79 Å². The van der Waals surface area contributed by atoms with Crippen LogP contribution in [0.3, 0.4) is 0 Å². The molecule has 3 aromatic carbocycles. The largest absolute Gasteiger partial charge is 0.497 e. The summed E-state index contributed by atoms with van der Waals surface area (Å²) in [4.78, 5) is 50.7. The summed E-state index contributed by atoms with van der Waals surface area (Å²) in [6, 6.07) is 19.8. The van der Waals surface area contributed by atoms with Crippen molar-refractivity contribution < 1.29 is 43.2 Å². The van der Waals surface area contributed by atoms with Gasteiger partial charge in [0, 0.05) is 6.07 Å². The lowest BCUT2D eigenvalue weighted by Crippen LogP contribution is -2.48. The summed E-state index contributed by atoms with van der Waals surface area (Å²) in [5.41, 5.74) is 0.223. The van der Waals surface area contributed by atoms with Crippen molar-refractivity contribution in [3.05, 3.63) is 90.0 Å². The van der Waals surface area contributed by atoms with Gasteiger partial charge in [-0.05, 0) is 36.4 Å². The maximum Gasteiger partial charge on any atom is 0.349 e. The van der Waals surface area contributed by atoms with Gasteiger partial charge in [-0.2, -0.15) is 0 Å². The summed E-state index contributed by atoms with van der Waals surface area (Å²) in [5, 5.41) is 12.3. The monoisotopic (exact) mass is 493 g/mol. The van der Waals surface area contributed by atoms with Gasteiger partial charge >= 0.3 is 17.9 Å². The standard InChI is InChI=1S/C26H23NO9/c1-33-18-13-14-20(34-2)19(15-18)27-23(28)21(35-25(31)16-9-5-3-6-10-16)22(24(29)30)36-26(32)17-11-7-4-8-12-17/h3-15,21-22H,1-2H3,(H,27,28)(H,29,30)/t21-,22+/m0/s1. The number of carbonyl (C=O) groups is 4. The van der Waals surface area contributed by atoms with Crippen molar-refractivity contribution in [2.75, 3.05) is 19.5 Å². The first-order chi connectivity index (χ1) is 17.3. The normalized spacial score (nSPS) is 11.9. The fourth-order valence-corrected chi connectivity index (χ4v) is 3.13. The second-order valence-electron chi connectivity index (χ2n) is 7.28. The van der Waals surface area contributed by atoms with Gasteiger partial charge in [0.15, 0.2) is 0 Å². The number of methoxy groups -OCH3 is 2. The highest BCUT2D eigenvalue weighted by Gasteiger charge is 2.41. The first-order valence-corrected chi connectivity index (χ1v) is 10.6. The van der Waals surface area contributed by atoms with Crippen LogP contribution in [0.2, 0.25) is 0 Å². The van der Waals surface area contributed by atoms with E-state index in [4.69, 9.17) is 18.9 Å². The van der Waals surface area contributed by atoms with E-state index in [1.165, 1.54) is 50.6 Å². The molecule has 0 saturated carbocycles. The number of hydrogen-bond donors (Lipinski definition) is 2. The molecule has 2 N–H and O–H groups in total. The predicted octanol–water partition coefficient (Wildman–Crippen LogP) is 3.18. The van der Waals surface area contributed by atoms with Gasteiger partial charge in [0.05, 0.1) is 31.0 Å². The number of nitrogens with one attached hydrogen (secondary N) is 1. The molecule has 0 heterocycles. The summed E-state index contributed by atoms with van der Waals surface area (Å²) in [6.07, 6.45) is -4.22. The Labute approximate surface area is 206 Å². The minimum absolute atomic E-state index is 0.0479. The third kappa shape index (κ3) is 6.38. The van der Waals surface area contributed by atoms with Crippen molar-refractivity contribution in [2.45, 2.75) is 12.2 Å². The molecule has 10 nitrogen and oxygen atoms in total. The number of benzene rings is 3. The van der Waals surface area contributed by atoms with Crippen LogP contribution in [0.15, 0.2) is 78.9 Å². The van der Waals surface area contributed by atoms with Crippen LogP contribution in [0.4, 0.5) is 5.69 Å². The lowest BCUT2D eigenvalue weighted by Gasteiger charge is -2.24. The van der Waals surface area contributed by atoms with Gasteiger partial charge in [-0.25, -0.2) is 14.4 Å². The van der Waals surface area contributed by atoms with Gasteiger partial charge in [0.1, 0.15) is 11.5 Å². The maximum absolute atomic E-state index is 13.3. The van der Waals surface area contributed by atoms with E-state index in [1.807, 2.05) is 0 Å². The number of esters is 2. The number of carboxylic acid groups (broad SMARTS) is 1. The molecule has 36 heavy (non-hydrogen) atoms. The molecule has 10 heteroatoms. The number of rotatable bonds is 10. The third-order valence-electron chi connectivity index (χ3n) is 4.93. The van der Waals surface area contributed by atoms with Crippen molar-refractivity contribution in [3.8, 4) is 11.5 Å². The summed E-state index contributed by atoms with van der Waals surface area (Å²) < 4.78 is 20.8. The van der Waals surface area contributed by atoms with Gasteiger partial charge in [-0.1, -0.05) is 36.4 Å². The van der Waals surface area contributed by atoms with Gasteiger partial charge < -0.3 is 29.4 Å². The number of amides is 1. The number of anilines is 1. The zero-order chi connectivity index (χ0) is 26.1. The fourth-order valence-electron chi connectivity index (χ4n) is 3.13. The molecule has 186 valence electrons. The van der Waals surface area contributed by atoms with Crippen LogP contribution in [0.1, 0.15) is 20.7 Å². The molecule has 0 aliphatic carbocycles. The van der Waals surface area contributed by atoms with Crippen molar-refractivity contribution in [2.24, 2.45) is 0 Å². The molecule has 0 radical (unpaired) electrons. The topological polar surface area (TPSA) is 137 Å². The fraction of sp³-hybridized carbons (Fsp3) is 0.154. The number of carboxylic acids is 1. The summed E-state index contributed by atoms with van der Waals surface area (Å²) >= 11 is 0. The molecular weight excluding hydrogens is 470 g/mol. The minimum Gasteiger partial charge on any atom is -0.497 e. The highest BCUT2D eigenvalue weighted by Crippen LogP contribution is 2.29. The first kappa shape index (κ1) is 25.8. The summed E-state index contributed by atoms with van der Waals surface area (Å²) in [5.74, 6) is -4.18. The molecule has 0 unspecified atom stereocenters. The Balaban J connectivity index is 1.95. The average Bonchev–Trinajstić information content (AvgIpc) is 2.91. The molecule has 0 aliphatic heterocycles. The SMILES string of the molecule is COc1ccc(OC)c(NC(=O)[C@@H](OC(=O)c2ccccc2)[C@@H](OC(=O)c2ccccc2)C(=O)O)c1. The average molecular weight is 493 g/mol. The molecule has 0 aromatic heterocycles. The van der Waals surface area contributed by atoms with E-state index < -0.39 is 36.0 Å². The second kappa shape index (κ2) is 12.0. The smallest absolute Gasteiger partial charge is 0.349 e. The van der Waals surface area contributed by atoms with Crippen LogP contribution in [0.5, 0.6) is 11.5 Å². The van der Waals surface area contributed by atoms with Crippen LogP contribution in [-0.2, 0) is 19.1 Å². The molecule has 0 saturated heterocycles. The molecule has 3 aromatic rings. The Morgan fingerprint density at radius 3 is 1.72 bits per heavy atom. The minimum atomic E-state index is -2.16. The molecule has 0 spiro atoms. The van der Waals surface area contributed by atoms with Crippen LogP contribution in [-0.4, -0.2) is 55.3 Å². The zero-order valence-corrected chi connectivity index (χ0v) is 19.4. The molecule has 0 bridgehead atoms. The number of ether oxygens (including phenoxy) is 4. The lowest BCUT2D eigenvalue weighted by atomic mass is 10.1. The Hall–Kier alpha value is -4.86. The van der Waals surface area contributed by atoms with Crippen molar-refractivity contribution in [3.63, 3.8) is 0 Å². The number of carbonyl (C=O) groups excluding carboxylic acids is 3. The van der Waals surface area contributed by atoms with E-state index in [2.05, 4.69) is 5.32 Å². The Morgan fingerprint density at radius 1 is 0.722 bits per heavy atom. The van der Waals surface area contributed by atoms with E-state index in [-0.39, 0.29) is 22.6 Å². The molecule has 1 amide bonds. The Bertz CT molecular complexity index is 1230. The molecular formula is C26H23NO9. The highest BCUT2D eigenvalue weighted by atomic mass is 16.6. The van der Waals surface area contributed by atoms with Crippen LogP contribution in [0, 0.1) is 0 Å². The Kier molecular flexibility index (Phi) is 8.60. The number of aliphatic carboxylic acids is 1. The van der Waals surface area contributed by atoms with Crippen molar-refractivity contribution in [1.82, 2.24) is 0 Å². The van der Waals surface area contributed by atoms with Crippen LogP contribution >= 0.6 is 0 Å². The maximum atomic E-state index is 13.3. The van der Waals surface area contributed by atoms with Crippen molar-refractivity contribution in [1.29, 1.82) is 0 Å². The quantitative estimate of drug-likeness (QED) is 0.408.